The molecular formula is C27H16BrN5. The van der Waals surface area contributed by atoms with Crippen molar-refractivity contribution in [2.75, 3.05) is 0 Å². The van der Waals surface area contributed by atoms with Gasteiger partial charge in [-0.3, -0.25) is 0 Å². The lowest BCUT2D eigenvalue weighted by Crippen LogP contribution is -1.98. The molecule has 0 spiro atoms. The molecule has 0 aliphatic heterocycles. The number of hydrogen-bond acceptors (Lipinski definition) is 3. The van der Waals surface area contributed by atoms with Crippen LogP contribution in [0.2, 0.25) is 0 Å². The minimum absolute atomic E-state index is 0.503. The van der Waals surface area contributed by atoms with Crippen LogP contribution in [0.25, 0.3) is 66.4 Å². The molecule has 7 aromatic rings. The minimum atomic E-state index is 0.503. The number of nitrogens with one attached hydrogen (secondary N) is 2. The van der Waals surface area contributed by atoms with Gasteiger partial charge in [0.15, 0.2) is 11.6 Å². The number of aromatic amines is 2. The summed E-state index contributed by atoms with van der Waals surface area (Å²) in [5.74, 6) is 1.24. The van der Waals surface area contributed by atoms with E-state index in [0.717, 1.165) is 44.0 Å². The molecule has 3 heterocycles. The molecule has 6 heteroatoms. The van der Waals surface area contributed by atoms with Gasteiger partial charge in [-0.2, -0.15) is 0 Å². The predicted molar refractivity (Wildman–Crippen MR) is 137 cm³/mol. The highest BCUT2D eigenvalue weighted by Gasteiger charge is 2.16. The van der Waals surface area contributed by atoms with Gasteiger partial charge in [0.05, 0.1) is 11.0 Å². The summed E-state index contributed by atoms with van der Waals surface area (Å²) in [7, 11) is 0. The number of para-hydroxylation sites is 4. The molecule has 5 nitrogen and oxygen atoms in total. The van der Waals surface area contributed by atoms with Gasteiger partial charge in [0.25, 0.3) is 0 Å². The van der Waals surface area contributed by atoms with Gasteiger partial charge in [-0.15, -0.1) is 0 Å². The van der Waals surface area contributed by atoms with Crippen LogP contribution in [-0.4, -0.2) is 24.9 Å². The third-order valence-corrected chi connectivity index (χ3v) is 6.53. The summed E-state index contributed by atoms with van der Waals surface area (Å²) in [6.07, 6.45) is 0. The fourth-order valence-corrected chi connectivity index (χ4v) is 5.05. The van der Waals surface area contributed by atoms with E-state index in [1.54, 1.807) is 0 Å². The van der Waals surface area contributed by atoms with Gasteiger partial charge < -0.3 is 9.97 Å². The summed E-state index contributed by atoms with van der Waals surface area (Å²) in [6, 6.07) is 29.1. The number of H-pyrrole nitrogens is 2. The van der Waals surface area contributed by atoms with Crippen molar-refractivity contribution >= 4 is 59.5 Å². The molecule has 0 aliphatic rings. The van der Waals surface area contributed by atoms with Crippen LogP contribution in [0, 0.1) is 0 Å². The number of aromatic nitrogens is 5. The molecule has 7 rings (SSSR count). The summed E-state index contributed by atoms with van der Waals surface area (Å²) in [6.45, 7) is 0. The van der Waals surface area contributed by atoms with Crippen LogP contribution in [0.4, 0.5) is 0 Å². The van der Waals surface area contributed by atoms with E-state index in [-0.39, 0.29) is 0 Å². The maximum absolute atomic E-state index is 4.92. The lowest BCUT2D eigenvalue weighted by atomic mass is 10.1. The molecule has 0 aliphatic carbocycles. The lowest BCUT2D eigenvalue weighted by molar-refractivity contribution is 1.03. The first kappa shape index (κ1) is 18.5. The second kappa shape index (κ2) is 6.98. The van der Waals surface area contributed by atoms with Gasteiger partial charge in [-0.25, -0.2) is 15.0 Å². The molecule has 156 valence electrons. The first-order valence-electron chi connectivity index (χ1n) is 10.7. The van der Waals surface area contributed by atoms with Crippen LogP contribution < -0.4 is 0 Å². The number of rotatable bonds is 2. The Morgan fingerprint density at radius 2 is 0.939 bits per heavy atom. The molecule has 0 unspecified atom stereocenters. The van der Waals surface area contributed by atoms with Gasteiger partial charge in [-0.05, 0) is 40.2 Å². The Morgan fingerprint density at radius 3 is 1.45 bits per heavy atom. The molecule has 2 N–H and O–H groups in total. The SMILES string of the molecule is Brc1nc(-c2cccc3c2[nH]c2ccccc23)nc(-c2cccc3c2[nH]c2ccccc23)n1. The molecular weight excluding hydrogens is 474 g/mol. The highest BCUT2D eigenvalue weighted by molar-refractivity contribution is 9.10. The zero-order chi connectivity index (χ0) is 21.9. The molecule has 0 bridgehead atoms. The Bertz CT molecular complexity index is 1710. The maximum Gasteiger partial charge on any atom is 0.200 e. The van der Waals surface area contributed by atoms with Crippen LogP contribution in [-0.2, 0) is 0 Å². The molecule has 0 saturated carbocycles. The quantitative estimate of drug-likeness (QED) is 0.269. The Labute approximate surface area is 196 Å². The average molecular weight is 490 g/mol. The third-order valence-electron chi connectivity index (χ3n) is 6.17. The van der Waals surface area contributed by atoms with Crippen LogP contribution in [0.15, 0.2) is 89.7 Å². The van der Waals surface area contributed by atoms with Crippen molar-refractivity contribution in [3.8, 4) is 22.8 Å². The van der Waals surface area contributed by atoms with E-state index in [1.807, 2.05) is 36.4 Å². The summed E-state index contributed by atoms with van der Waals surface area (Å²) in [5.41, 5.74) is 6.11. The topological polar surface area (TPSA) is 70.2 Å². The zero-order valence-corrected chi connectivity index (χ0v) is 18.9. The Balaban J connectivity index is 1.48. The van der Waals surface area contributed by atoms with Crippen molar-refractivity contribution < 1.29 is 0 Å². The monoisotopic (exact) mass is 489 g/mol. The first-order chi connectivity index (χ1) is 16.3. The Morgan fingerprint density at radius 1 is 0.485 bits per heavy atom. The normalized spacial score (nSPS) is 11.8. The van der Waals surface area contributed by atoms with Gasteiger partial charge >= 0.3 is 0 Å². The molecule has 33 heavy (non-hydrogen) atoms. The molecule has 0 atom stereocenters. The van der Waals surface area contributed by atoms with E-state index < -0.39 is 0 Å². The fraction of sp³-hybridized carbons (Fsp3) is 0. The van der Waals surface area contributed by atoms with Gasteiger partial charge in [0, 0.05) is 43.7 Å². The van der Waals surface area contributed by atoms with E-state index >= 15 is 0 Å². The van der Waals surface area contributed by atoms with Crippen molar-refractivity contribution in [3.05, 3.63) is 89.7 Å². The van der Waals surface area contributed by atoms with Crippen LogP contribution in [0.1, 0.15) is 0 Å². The molecule has 4 aromatic carbocycles. The van der Waals surface area contributed by atoms with E-state index in [1.165, 1.54) is 10.8 Å². The molecule has 3 aromatic heterocycles. The standard InChI is InChI=1S/C27H16BrN5/c28-27-32-25(19-11-5-9-17-15-7-1-3-13-21(15)29-23(17)19)31-26(33-27)20-12-6-10-18-16-8-2-4-14-22(16)30-24(18)20/h1-14,29-30H. The smallest absolute Gasteiger partial charge is 0.200 e. The predicted octanol–water partition coefficient (Wildman–Crippen LogP) is 7.24. The number of fused-ring (bicyclic) bond motifs is 6. The third kappa shape index (κ3) is 2.81. The fourth-order valence-electron chi connectivity index (χ4n) is 4.71. The van der Waals surface area contributed by atoms with Crippen molar-refractivity contribution in [2.45, 2.75) is 0 Å². The second-order valence-electron chi connectivity index (χ2n) is 8.05. The summed E-state index contributed by atoms with van der Waals surface area (Å²) < 4.78 is 0.503. The summed E-state index contributed by atoms with van der Waals surface area (Å²) in [4.78, 5) is 21.3. The number of benzene rings is 4. The van der Waals surface area contributed by atoms with E-state index in [4.69, 9.17) is 4.98 Å². The van der Waals surface area contributed by atoms with E-state index in [0.29, 0.717) is 16.4 Å². The van der Waals surface area contributed by atoms with Crippen LogP contribution in [0.5, 0.6) is 0 Å². The largest absolute Gasteiger partial charge is 0.354 e. The average Bonchev–Trinajstić information content (AvgIpc) is 3.42. The second-order valence-corrected chi connectivity index (χ2v) is 8.76. The first-order valence-corrected chi connectivity index (χ1v) is 11.5. The van der Waals surface area contributed by atoms with Gasteiger partial charge in [-0.1, -0.05) is 60.7 Å². The van der Waals surface area contributed by atoms with Crippen molar-refractivity contribution in [2.24, 2.45) is 0 Å². The lowest BCUT2D eigenvalue weighted by Gasteiger charge is -2.07. The zero-order valence-electron chi connectivity index (χ0n) is 17.3. The highest BCUT2D eigenvalue weighted by Crippen LogP contribution is 2.35. The molecule has 0 radical (unpaired) electrons. The highest BCUT2D eigenvalue weighted by atomic mass is 79.9. The molecule has 0 amide bonds. The van der Waals surface area contributed by atoms with Crippen molar-refractivity contribution in [3.63, 3.8) is 0 Å². The van der Waals surface area contributed by atoms with Gasteiger partial charge in [0.1, 0.15) is 0 Å². The minimum Gasteiger partial charge on any atom is -0.354 e. The number of hydrogen-bond donors (Lipinski definition) is 2. The molecule has 0 saturated heterocycles. The number of nitrogens with zero attached hydrogens (tertiary/aromatic N) is 3. The van der Waals surface area contributed by atoms with E-state index in [2.05, 4.69) is 84.4 Å². The molecule has 0 fully saturated rings. The maximum atomic E-state index is 4.92. The van der Waals surface area contributed by atoms with Crippen molar-refractivity contribution in [1.29, 1.82) is 0 Å². The summed E-state index contributed by atoms with van der Waals surface area (Å²) in [5, 5.41) is 4.67. The number of halogens is 1. The Kier molecular flexibility index (Phi) is 3.92. The van der Waals surface area contributed by atoms with E-state index in [9.17, 15) is 0 Å². The van der Waals surface area contributed by atoms with Crippen LogP contribution in [0.3, 0.4) is 0 Å². The summed E-state index contributed by atoms with van der Waals surface area (Å²) >= 11 is 3.52. The van der Waals surface area contributed by atoms with Crippen molar-refractivity contribution in [1.82, 2.24) is 24.9 Å². The van der Waals surface area contributed by atoms with Crippen LogP contribution >= 0.6 is 15.9 Å². The Hall–Kier alpha value is -4.03. The van der Waals surface area contributed by atoms with Gasteiger partial charge in [0.2, 0.25) is 4.73 Å².